The van der Waals surface area contributed by atoms with Crippen molar-refractivity contribution in [1.82, 2.24) is 19.5 Å². The summed E-state index contributed by atoms with van der Waals surface area (Å²) in [6.45, 7) is 4.61. The van der Waals surface area contributed by atoms with Crippen molar-refractivity contribution in [1.29, 1.82) is 0 Å². The third-order valence-corrected chi connectivity index (χ3v) is 6.28. The maximum atomic E-state index is 13.7. The number of fused-ring (bicyclic) bond motifs is 1. The molecule has 1 saturated heterocycles. The summed E-state index contributed by atoms with van der Waals surface area (Å²) in [5.41, 5.74) is 9.56. The largest absolute Gasteiger partial charge is 0.378 e. The van der Waals surface area contributed by atoms with Crippen LogP contribution >= 0.6 is 11.6 Å². The lowest BCUT2D eigenvalue weighted by molar-refractivity contribution is 0.0208. The Kier molecular flexibility index (Phi) is 7.24. The summed E-state index contributed by atoms with van der Waals surface area (Å²) in [7, 11) is 0. The summed E-state index contributed by atoms with van der Waals surface area (Å²) in [5, 5.41) is 4.42. The van der Waals surface area contributed by atoms with Gasteiger partial charge in [-0.3, -0.25) is 14.3 Å². The van der Waals surface area contributed by atoms with Crippen molar-refractivity contribution in [2.45, 2.75) is 19.5 Å². The number of ether oxygens (including phenoxy) is 2. The lowest BCUT2D eigenvalue weighted by Gasteiger charge is -2.26. The molecular formula is C26H27ClN6O3. The Morgan fingerprint density at radius 2 is 2.03 bits per heavy atom. The molecule has 1 aliphatic rings. The topological polar surface area (TPSA) is 117 Å². The molecule has 1 aromatic carbocycles. The molecular weight excluding hydrogens is 480 g/mol. The number of nitrogens with one attached hydrogen (secondary N) is 1. The second kappa shape index (κ2) is 10.7. The second-order valence-corrected chi connectivity index (χ2v) is 9.03. The number of hydrogen-bond donors (Lipinski definition) is 2. The van der Waals surface area contributed by atoms with E-state index in [2.05, 4.69) is 20.3 Å². The number of anilines is 1. The van der Waals surface area contributed by atoms with Crippen molar-refractivity contribution in [3.8, 4) is 22.4 Å². The van der Waals surface area contributed by atoms with Gasteiger partial charge < -0.3 is 20.5 Å². The van der Waals surface area contributed by atoms with E-state index in [0.29, 0.717) is 67.3 Å². The van der Waals surface area contributed by atoms with E-state index in [-0.39, 0.29) is 11.6 Å². The van der Waals surface area contributed by atoms with Crippen molar-refractivity contribution in [2.24, 2.45) is 5.73 Å². The zero-order chi connectivity index (χ0) is 25.1. The van der Waals surface area contributed by atoms with Crippen molar-refractivity contribution < 1.29 is 9.47 Å². The third-order valence-electron chi connectivity index (χ3n) is 5.96. The first-order valence-electron chi connectivity index (χ1n) is 11.8. The van der Waals surface area contributed by atoms with Gasteiger partial charge in [-0.2, -0.15) is 4.98 Å². The van der Waals surface area contributed by atoms with Gasteiger partial charge >= 0.3 is 0 Å². The van der Waals surface area contributed by atoms with Crippen LogP contribution in [0.2, 0.25) is 5.02 Å². The first-order valence-corrected chi connectivity index (χ1v) is 12.2. The summed E-state index contributed by atoms with van der Waals surface area (Å²) in [4.78, 5) is 27.4. The van der Waals surface area contributed by atoms with Crippen LogP contribution in [0.5, 0.6) is 0 Å². The molecule has 0 radical (unpaired) electrons. The first kappa shape index (κ1) is 24.3. The van der Waals surface area contributed by atoms with Gasteiger partial charge in [0.25, 0.3) is 5.56 Å². The van der Waals surface area contributed by atoms with E-state index in [4.69, 9.17) is 26.8 Å². The highest BCUT2D eigenvalue weighted by Gasteiger charge is 2.20. The van der Waals surface area contributed by atoms with Crippen LogP contribution in [0.4, 0.5) is 5.95 Å². The monoisotopic (exact) mass is 506 g/mol. The van der Waals surface area contributed by atoms with E-state index < -0.39 is 0 Å². The summed E-state index contributed by atoms with van der Waals surface area (Å²) < 4.78 is 12.4. The number of hydrogen-bond acceptors (Lipinski definition) is 8. The Morgan fingerprint density at radius 3 is 2.75 bits per heavy atom. The molecule has 4 heterocycles. The average Bonchev–Trinajstić information content (AvgIpc) is 2.85. The fourth-order valence-corrected chi connectivity index (χ4v) is 4.35. The third kappa shape index (κ3) is 5.10. The molecule has 3 N–H and O–H groups in total. The summed E-state index contributed by atoms with van der Waals surface area (Å²) in [5.74, 6) is 0.451. The van der Waals surface area contributed by atoms with Gasteiger partial charge in [0.05, 0.1) is 44.7 Å². The highest BCUT2D eigenvalue weighted by molar-refractivity contribution is 6.33. The standard InChI is InChI=1S/C26H27ClN6O3/c1-16-3-2-4-23(30-16)17-5-6-20(22(27)12-17)21-11-18-13-29-26(31-19-14-36-15-19)32-24(18)33(25(21)34)8-10-35-9-7-28/h2-6,11-13,19H,7-10,14-15,28H2,1H3,(H,29,31,32). The van der Waals surface area contributed by atoms with Crippen molar-refractivity contribution in [3.63, 3.8) is 0 Å². The fourth-order valence-electron chi connectivity index (χ4n) is 4.07. The molecule has 0 unspecified atom stereocenters. The molecule has 1 fully saturated rings. The normalized spacial score (nSPS) is 13.6. The molecule has 10 heteroatoms. The van der Waals surface area contributed by atoms with Crippen LogP contribution in [0, 0.1) is 6.92 Å². The van der Waals surface area contributed by atoms with Crippen LogP contribution in [-0.4, -0.2) is 58.5 Å². The number of nitrogens with zero attached hydrogens (tertiary/aromatic N) is 4. The van der Waals surface area contributed by atoms with Gasteiger partial charge in [0.15, 0.2) is 0 Å². The lowest BCUT2D eigenvalue weighted by atomic mass is 10.0. The molecule has 4 aromatic rings. The van der Waals surface area contributed by atoms with Gasteiger partial charge in [-0.15, -0.1) is 0 Å². The maximum Gasteiger partial charge on any atom is 0.260 e. The number of aromatic nitrogens is 4. The van der Waals surface area contributed by atoms with Gasteiger partial charge in [0.1, 0.15) is 5.65 Å². The van der Waals surface area contributed by atoms with Gasteiger partial charge in [-0.1, -0.05) is 29.8 Å². The smallest absolute Gasteiger partial charge is 0.260 e. The van der Waals surface area contributed by atoms with Gasteiger partial charge in [-0.25, -0.2) is 4.98 Å². The van der Waals surface area contributed by atoms with E-state index in [1.165, 1.54) is 0 Å². The molecule has 1 aliphatic heterocycles. The predicted molar refractivity (Wildman–Crippen MR) is 140 cm³/mol. The molecule has 0 atom stereocenters. The highest BCUT2D eigenvalue weighted by Crippen LogP contribution is 2.31. The molecule has 0 saturated carbocycles. The predicted octanol–water partition coefficient (Wildman–Crippen LogP) is 3.27. The number of aryl methyl sites for hydroxylation is 1. The summed E-state index contributed by atoms with van der Waals surface area (Å²) >= 11 is 6.71. The maximum absolute atomic E-state index is 13.7. The number of nitrogens with two attached hydrogens (primary N) is 1. The van der Waals surface area contributed by atoms with Crippen LogP contribution in [0.15, 0.2) is 53.5 Å². The Labute approximate surface area is 213 Å². The molecule has 0 amide bonds. The molecule has 0 spiro atoms. The minimum atomic E-state index is -0.209. The molecule has 9 nitrogen and oxygen atoms in total. The highest BCUT2D eigenvalue weighted by atomic mass is 35.5. The van der Waals surface area contributed by atoms with Gasteiger partial charge in [0, 0.05) is 45.5 Å². The minimum Gasteiger partial charge on any atom is -0.378 e. The Bertz CT molecular complexity index is 1450. The second-order valence-electron chi connectivity index (χ2n) is 8.63. The van der Waals surface area contributed by atoms with Crippen molar-refractivity contribution >= 4 is 28.6 Å². The fraction of sp³-hybridized carbons (Fsp3) is 0.308. The van der Waals surface area contributed by atoms with Crippen LogP contribution in [0.3, 0.4) is 0 Å². The van der Waals surface area contributed by atoms with Gasteiger partial charge in [0.2, 0.25) is 5.95 Å². The molecule has 0 aliphatic carbocycles. The molecule has 0 bridgehead atoms. The molecule has 186 valence electrons. The number of pyridine rings is 2. The summed E-state index contributed by atoms with van der Waals surface area (Å²) in [6, 6.07) is 13.4. The van der Waals surface area contributed by atoms with E-state index in [1.807, 2.05) is 43.3 Å². The van der Waals surface area contributed by atoms with Crippen molar-refractivity contribution in [3.05, 3.63) is 69.7 Å². The number of benzene rings is 1. The SMILES string of the molecule is Cc1cccc(-c2ccc(-c3cc4cnc(NC5COC5)nc4n(CCOCCN)c3=O)c(Cl)c2)n1. The number of halogens is 1. The summed E-state index contributed by atoms with van der Waals surface area (Å²) in [6.07, 6.45) is 1.71. The zero-order valence-electron chi connectivity index (χ0n) is 19.9. The van der Waals surface area contributed by atoms with E-state index in [0.717, 1.165) is 22.3 Å². The van der Waals surface area contributed by atoms with Crippen LogP contribution in [0.25, 0.3) is 33.4 Å². The zero-order valence-corrected chi connectivity index (χ0v) is 20.7. The average molecular weight is 507 g/mol. The van der Waals surface area contributed by atoms with Gasteiger partial charge in [-0.05, 0) is 31.2 Å². The Morgan fingerprint density at radius 1 is 1.17 bits per heavy atom. The Hall–Kier alpha value is -3.37. The Balaban J connectivity index is 1.56. The van der Waals surface area contributed by atoms with E-state index >= 15 is 0 Å². The molecule has 3 aromatic heterocycles. The quantitative estimate of drug-likeness (QED) is 0.332. The minimum absolute atomic E-state index is 0.162. The lowest BCUT2D eigenvalue weighted by Crippen LogP contribution is -2.40. The number of rotatable bonds is 9. The van der Waals surface area contributed by atoms with Crippen LogP contribution in [0.1, 0.15) is 5.69 Å². The van der Waals surface area contributed by atoms with Crippen molar-refractivity contribution in [2.75, 3.05) is 38.3 Å². The molecule has 5 rings (SSSR count). The van der Waals surface area contributed by atoms with E-state index in [1.54, 1.807) is 16.8 Å². The van der Waals surface area contributed by atoms with Crippen LogP contribution < -0.4 is 16.6 Å². The van der Waals surface area contributed by atoms with Crippen LogP contribution in [-0.2, 0) is 16.0 Å². The van der Waals surface area contributed by atoms with E-state index in [9.17, 15) is 4.79 Å². The first-order chi connectivity index (χ1) is 17.5. The molecule has 36 heavy (non-hydrogen) atoms.